The highest BCUT2D eigenvalue weighted by atomic mass is 15.1. The van der Waals surface area contributed by atoms with Gasteiger partial charge in [0.2, 0.25) is 0 Å². The van der Waals surface area contributed by atoms with Crippen molar-refractivity contribution < 1.29 is 0 Å². The zero-order valence-electron chi connectivity index (χ0n) is 13.2. The molecule has 0 unspecified atom stereocenters. The second-order valence-corrected chi connectivity index (χ2v) is 5.61. The molecule has 116 valence electrons. The number of nitrogen functional groups attached to an aromatic ring is 1. The van der Waals surface area contributed by atoms with E-state index in [0.717, 1.165) is 23.1 Å². The summed E-state index contributed by atoms with van der Waals surface area (Å²) < 4.78 is 1.80. The molecule has 2 heterocycles. The minimum absolute atomic E-state index is 0.364. The largest absolute Gasteiger partial charge is 0.384 e. The average Bonchev–Trinajstić information content (AvgIpc) is 2.90. The maximum Gasteiger partial charge on any atom is 0.167 e. The van der Waals surface area contributed by atoms with Gasteiger partial charge in [-0.15, -0.1) is 0 Å². The van der Waals surface area contributed by atoms with Gasteiger partial charge in [-0.05, 0) is 36.2 Å². The molecule has 24 heavy (non-hydrogen) atoms. The summed E-state index contributed by atoms with van der Waals surface area (Å²) in [6.45, 7) is 2.11. The molecule has 0 aliphatic rings. The molecule has 0 spiro atoms. The van der Waals surface area contributed by atoms with Crippen molar-refractivity contribution in [2.45, 2.75) is 13.3 Å². The van der Waals surface area contributed by atoms with Crippen LogP contribution in [0.2, 0.25) is 0 Å². The zero-order chi connectivity index (χ0) is 16.7. The quantitative estimate of drug-likeness (QED) is 0.613. The van der Waals surface area contributed by atoms with Gasteiger partial charge in [0.1, 0.15) is 23.0 Å². The molecule has 4 aromatic rings. The lowest BCUT2D eigenvalue weighted by atomic mass is 10.1. The van der Waals surface area contributed by atoms with E-state index in [2.05, 4.69) is 30.1 Å². The van der Waals surface area contributed by atoms with Crippen molar-refractivity contribution in [3.05, 3.63) is 59.7 Å². The Balaban J connectivity index is 2.08. The molecule has 4 rings (SSSR count). The topological polar surface area (TPSA) is 80.5 Å². The molecule has 5 heteroatoms. The van der Waals surface area contributed by atoms with Crippen LogP contribution in [0.25, 0.3) is 27.9 Å². The Bertz CT molecular complexity index is 1100. The highest BCUT2D eigenvalue weighted by Crippen LogP contribution is 2.30. The molecule has 2 aromatic heterocycles. The van der Waals surface area contributed by atoms with Crippen LogP contribution in [0.4, 0.5) is 5.82 Å². The fourth-order valence-electron chi connectivity index (χ4n) is 2.91. The normalized spacial score (nSPS) is 11.0. The third kappa shape index (κ3) is 2.01. The van der Waals surface area contributed by atoms with Crippen LogP contribution in [-0.2, 0) is 6.42 Å². The van der Waals surface area contributed by atoms with Crippen molar-refractivity contribution in [3.8, 4) is 11.8 Å². The molecule has 0 radical (unpaired) electrons. The molecule has 0 saturated carbocycles. The lowest BCUT2D eigenvalue weighted by Gasteiger charge is -2.08. The molecule has 2 N–H and O–H groups in total. The Labute approximate surface area is 139 Å². The Morgan fingerprint density at radius 2 is 1.71 bits per heavy atom. The molecular weight excluding hydrogens is 298 g/mol. The standard InChI is InChI=1S/C19H15N5/c1-2-12-7-9-13(10-8-12)24-18(21)14(11-20)17-19(24)23-16-6-4-3-5-15(16)22-17/h3-10H,2,21H2,1H3. The summed E-state index contributed by atoms with van der Waals surface area (Å²) in [5.74, 6) is 0.368. The van der Waals surface area contributed by atoms with Crippen molar-refractivity contribution in [3.63, 3.8) is 0 Å². The number of para-hydroxylation sites is 2. The molecule has 0 aliphatic heterocycles. The Morgan fingerprint density at radius 1 is 1.04 bits per heavy atom. The van der Waals surface area contributed by atoms with E-state index in [1.54, 1.807) is 4.57 Å². The maximum absolute atomic E-state index is 9.52. The summed E-state index contributed by atoms with van der Waals surface area (Å²) in [5, 5.41) is 9.52. The fourth-order valence-corrected chi connectivity index (χ4v) is 2.91. The van der Waals surface area contributed by atoms with Crippen molar-refractivity contribution >= 4 is 28.0 Å². The summed E-state index contributed by atoms with van der Waals surface area (Å²) in [4.78, 5) is 9.30. The smallest absolute Gasteiger partial charge is 0.167 e. The van der Waals surface area contributed by atoms with Crippen LogP contribution in [0.15, 0.2) is 48.5 Å². The van der Waals surface area contributed by atoms with Gasteiger partial charge in [-0.1, -0.05) is 31.2 Å². The lowest BCUT2D eigenvalue weighted by molar-refractivity contribution is 1.09. The number of rotatable bonds is 2. The highest BCUT2D eigenvalue weighted by molar-refractivity contribution is 5.93. The van der Waals surface area contributed by atoms with E-state index in [-0.39, 0.29) is 0 Å². The second kappa shape index (κ2) is 5.36. The van der Waals surface area contributed by atoms with Gasteiger partial charge >= 0.3 is 0 Å². The summed E-state index contributed by atoms with van der Waals surface area (Å²) >= 11 is 0. The maximum atomic E-state index is 9.52. The molecule has 0 aliphatic carbocycles. The van der Waals surface area contributed by atoms with E-state index >= 15 is 0 Å². The number of nitriles is 1. The molecule has 0 saturated heterocycles. The first kappa shape index (κ1) is 14.2. The third-order valence-corrected chi connectivity index (χ3v) is 4.21. The van der Waals surface area contributed by atoms with Gasteiger partial charge in [0.15, 0.2) is 5.65 Å². The van der Waals surface area contributed by atoms with E-state index in [0.29, 0.717) is 22.5 Å². The van der Waals surface area contributed by atoms with E-state index < -0.39 is 0 Å². The van der Waals surface area contributed by atoms with Crippen molar-refractivity contribution in [2.75, 3.05) is 5.73 Å². The van der Waals surface area contributed by atoms with Crippen LogP contribution < -0.4 is 5.73 Å². The van der Waals surface area contributed by atoms with Crippen LogP contribution in [0.1, 0.15) is 18.1 Å². The fraction of sp³-hybridized carbons (Fsp3) is 0.105. The number of nitrogens with zero attached hydrogens (tertiary/aromatic N) is 4. The van der Waals surface area contributed by atoms with Crippen LogP contribution >= 0.6 is 0 Å². The van der Waals surface area contributed by atoms with E-state index in [1.165, 1.54) is 5.56 Å². The monoisotopic (exact) mass is 313 g/mol. The number of aryl methyl sites for hydroxylation is 1. The predicted molar refractivity (Wildman–Crippen MR) is 94.9 cm³/mol. The van der Waals surface area contributed by atoms with Gasteiger partial charge in [0.05, 0.1) is 11.0 Å². The third-order valence-electron chi connectivity index (χ3n) is 4.21. The predicted octanol–water partition coefficient (Wildman–Crippen LogP) is 3.59. The van der Waals surface area contributed by atoms with E-state index in [4.69, 9.17) is 10.7 Å². The van der Waals surface area contributed by atoms with E-state index in [1.807, 2.05) is 36.4 Å². The number of aromatic nitrogens is 3. The molecule has 0 amide bonds. The first-order valence-electron chi connectivity index (χ1n) is 7.79. The molecule has 0 atom stereocenters. The minimum atomic E-state index is 0.364. The Morgan fingerprint density at radius 3 is 2.33 bits per heavy atom. The number of hydrogen-bond donors (Lipinski definition) is 1. The van der Waals surface area contributed by atoms with Crippen LogP contribution in [-0.4, -0.2) is 14.5 Å². The lowest BCUT2D eigenvalue weighted by Crippen LogP contribution is -2.02. The van der Waals surface area contributed by atoms with Crippen molar-refractivity contribution in [2.24, 2.45) is 0 Å². The summed E-state index contributed by atoms with van der Waals surface area (Å²) in [6.07, 6.45) is 0.968. The molecular formula is C19H15N5. The summed E-state index contributed by atoms with van der Waals surface area (Å²) in [6, 6.07) is 17.9. The van der Waals surface area contributed by atoms with Gasteiger partial charge in [0.25, 0.3) is 0 Å². The van der Waals surface area contributed by atoms with Crippen molar-refractivity contribution in [1.82, 2.24) is 14.5 Å². The van der Waals surface area contributed by atoms with Gasteiger partial charge in [-0.25, -0.2) is 9.97 Å². The molecule has 0 bridgehead atoms. The molecule has 2 aromatic carbocycles. The zero-order valence-corrected chi connectivity index (χ0v) is 13.2. The van der Waals surface area contributed by atoms with Crippen LogP contribution in [0.3, 0.4) is 0 Å². The summed E-state index contributed by atoms with van der Waals surface area (Å²) in [5.41, 5.74) is 11.4. The van der Waals surface area contributed by atoms with Gasteiger partial charge in [-0.2, -0.15) is 5.26 Å². The first-order chi connectivity index (χ1) is 11.7. The second-order valence-electron chi connectivity index (χ2n) is 5.61. The number of benzene rings is 2. The average molecular weight is 313 g/mol. The first-order valence-corrected chi connectivity index (χ1v) is 7.79. The number of hydrogen-bond acceptors (Lipinski definition) is 4. The van der Waals surface area contributed by atoms with Gasteiger partial charge in [0, 0.05) is 5.69 Å². The van der Waals surface area contributed by atoms with Gasteiger partial charge in [-0.3, -0.25) is 4.57 Å². The molecule has 0 fully saturated rings. The highest BCUT2D eigenvalue weighted by Gasteiger charge is 2.19. The molecule has 5 nitrogen and oxygen atoms in total. The van der Waals surface area contributed by atoms with Gasteiger partial charge < -0.3 is 5.73 Å². The van der Waals surface area contributed by atoms with E-state index in [9.17, 15) is 5.26 Å². The van der Waals surface area contributed by atoms with Crippen LogP contribution in [0, 0.1) is 11.3 Å². The Kier molecular flexibility index (Phi) is 3.17. The van der Waals surface area contributed by atoms with Crippen LogP contribution in [0.5, 0.6) is 0 Å². The number of anilines is 1. The summed E-state index contributed by atoms with van der Waals surface area (Å²) in [7, 11) is 0. The number of fused-ring (bicyclic) bond motifs is 2. The van der Waals surface area contributed by atoms with Crippen molar-refractivity contribution in [1.29, 1.82) is 5.26 Å². The number of nitrogens with two attached hydrogens (primary N) is 1. The Hall–Kier alpha value is -3.39. The minimum Gasteiger partial charge on any atom is -0.384 e. The SMILES string of the molecule is CCc1ccc(-n2c(N)c(C#N)c3nc4ccccc4nc32)cc1.